The predicted octanol–water partition coefficient (Wildman–Crippen LogP) is 4.78. The summed E-state index contributed by atoms with van der Waals surface area (Å²) in [5.74, 6) is -1.07. The number of halogens is 2. The van der Waals surface area contributed by atoms with Crippen LogP contribution in [0, 0.1) is 23.0 Å². The van der Waals surface area contributed by atoms with Crippen molar-refractivity contribution in [2.75, 3.05) is 0 Å². The smallest absolute Gasteiger partial charge is 0.190 e. The summed E-state index contributed by atoms with van der Waals surface area (Å²) in [4.78, 5) is 12.5. The molecule has 0 saturated carbocycles. The Morgan fingerprint density at radius 2 is 1.70 bits per heavy atom. The van der Waals surface area contributed by atoms with E-state index in [1.807, 2.05) is 0 Å². The van der Waals surface area contributed by atoms with E-state index in [0.717, 1.165) is 0 Å². The fourth-order valence-corrected chi connectivity index (χ4v) is 3.18. The van der Waals surface area contributed by atoms with Crippen molar-refractivity contribution in [3.05, 3.63) is 100 Å². The van der Waals surface area contributed by atoms with Gasteiger partial charge >= 0.3 is 0 Å². The topological polar surface area (TPSA) is 45.3 Å². The SMILES string of the molecule is N#Cc1ccc(-c2c(=O)ccn3c(-c4ccccc4F)cccc23)cc1F. The minimum Gasteiger partial charge on any atom is -0.316 e. The Labute approximate surface area is 153 Å². The summed E-state index contributed by atoms with van der Waals surface area (Å²) in [6.45, 7) is 0. The lowest BCUT2D eigenvalue weighted by Gasteiger charge is -2.13. The molecule has 0 unspecified atom stereocenters. The number of rotatable bonds is 2. The highest BCUT2D eigenvalue weighted by molar-refractivity contribution is 5.82. The van der Waals surface area contributed by atoms with Gasteiger partial charge in [-0.2, -0.15) is 5.26 Å². The highest BCUT2D eigenvalue weighted by atomic mass is 19.1. The van der Waals surface area contributed by atoms with Crippen LogP contribution in [-0.2, 0) is 0 Å². The number of nitrogens with zero attached hydrogens (tertiary/aromatic N) is 2. The quantitative estimate of drug-likeness (QED) is 0.517. The summed E-state index contributed by atoms with van der Waals surface area (Å²) in [5.41, 5.74) is 1.76. The first-order valence-electron chi connectivity index (χ1n) is 8.19. The molecular weight excluding hydrogens is 346 g/mol. The van der Waals surface area contributed by atoms with Crippen molar-refractivity contribution >= 4 is 5.52 Å². The molecule has 0 aliphatic rings. The summed E-state index contributed by atoms with van der Waals surface area (Å²) >= 11 is 0. The molecule has 2 heterocycles. The van der Waals surface area contributed by atoms with E-state index < -0.39 is 5.82 Å². The van der Waals surface area contributed by atoms with Gasteiger partial charge in [-0.1, -0.05) is 24.3 Å². The predicted molar refractivity (Wildman–Crippen MR) is 99.2 cm³/mol. The molecule has 0 aliphatic heterocycles. The van der Waals surface area contributed by atoms with Crippen LogP contribution in [0.25, 0.3) is 27.9 Å². The summed E-state index contributed by atoms with van der Waals surface area (Å²) in [5, 5.41) is 8.90. The molecule has 0 fully saturated rings. The maximum Gasteiger partial charge on any atom is 0.190 e. The van der Waals surface area contributed by atoms with Crippen molar-refractivity contribution in [1.29, 1.82) is 5.26 Å². The maximum absolute atomic E-state index is 14.3. The van der Waals surface area contributed by atoms with Crippen molar-refractivity contribution in [3.8, 4) is 28.5 Å². The molecule has 3 nitrogen and oxygen atoms in total. The third-order valence-corrected chi connectivity index (χ3v) is 4.43. The minimum atomic E-state index is -0.693. The van der Waals surface area contributed by atoms with Gasteiger partial charge in [0.15, 0.2) is 5.43 Å². The zero-order chi connectivity index (χ0) is 19.0. The zero-order valence-corrected chi connectivity index (χ0v) is 14.0. The van der Waals surface area contributed by atoms with Crippen LogP contribution in [0.1, 0.15) is 5.56 Å². The van der Waals surface area contributed by atoms with Gasteiger partial charge < -0.3 is 4.40 Å². The lowest BCUT2D eigenvalue weighted by molar-refractivity contribution is 0.624. The maximum atomic E-state index is 14.3. The molecule has 4 aromatic rings. The molecule has 0 radical (unpaired) electrons. The minimum absolute atomic E-state index is 0.0915. The van der Waals surface area contributed by atoms with E-state index in [0.29, 0.717) is 27.9 Å². The van der Waals surface area contributed by atoms with Crippen LogP contribution in [-0.4, -0.2) is 4.40 Å². The van der Waals surface area contributed by atoms with Crippen molar-refractivity contribution in [2.24, 2.45) is 0 Å². The molecule has 2 aromatic carbocycles. The molecule has 5 heteroatoms. The van der Waals surface area contributed by atoms with Gasteiger partial charge in [0.1, 0.15) is 17.7 Å². The summed E-state index contributed by atoms with van der Waals surface area (Å²) in [6.07, 6.45) is 1.57. The Morgan fingerprint density at radius 3 is 2.44 bits per heavy atom. The van der Waals surface area contributed by atoms with Crippen molar-refractivity contribution in [2.45, 2.75) is 0 Å². The van der Waals surface area contributed by atoms with Crippen molar-refractivity contribution < 1.29 is 8.78 Å². The van der Waals surface area contributed by atoms with Gasteiger partial charge in [-0.15, -0.1) is 0 Å². The number of pyridine rings is 2. The molecule has 0 atom stereocenters. The molecule has 27 heavy (non-hydrogen) atoms. The van der Waals surface area contributed by atoms with Crippen LogP contribution in [0.15, 0.2) is 77.7 Å². The summed E-state index contributed by atoms with van der Waals surface area (Å²) < 4.78 is 30.1. The van der Waals surface area contributed by atoms with Gasteiger partial charge in [0.2, 0.25) is 0 Å². The van der Waals surface area contributed by atoms with Gasteiger partial charge in [0.25, 0.3) is 0 Å². The first kappa shape index (κ1) is 16.7. The fraction of sp³-hybridized carbons (Fsp3) is 0. The molecule has 2 aromatic heterocycles. The van der Waals surface area contributed by atoms with Gasteiger partial charge in [-0.05, 0) is 42.0 Å². The van der Waals surface area contributed by atoms with Gasteiger partial charge in [0.05, 0.1) is 22.3 Å². The summed E-state index contributed by atoms with van der Waals surface area (Å²) in [7, 11) is 0. The van der Waals surface area contributed by atoms with Crippen LogP contribution in [0.3, 0.4) is 0 Å². The Bertz CT molecular complexity index is 1290. The Kier molecular flexibility index (Phi) is 4.02. The average molecular weight is 358 g/mol. The van der Waals surface area contributed by atoms with E-state index >= 15 is 0 Å². The van der Waals surface area contributed by atoms with Crippen LogP contribution in [0.4, 0.5) is 8.78 Å². The molecule has 0 saturated heterocycles. The number of fused-ring (bicyclic) bond motifs is 1. The third kappa shape index (κ3) is 2.77. The normalized spacial score (nSPS) is 10.7. The molecule has 0 bridgehead atoms. The fourth-order valence-electron chi connectivity index (χ4n) is 3.18. The highest BCUT2D eigenvalue weighted by Gasteiger charge is 2.14. The monoisotopic (exact) mass is 358 g/mol. The van der Waals surface area contributed by atoms with E-state index in [-0.39, 0.29) is 16.8 Å². The highest BCUT2D eigenvalue weighted by Crippen LogP contribution is 2.28. The molecule has 0 spiro atoms. The molecule has 0 aliphatic carbocycles. The Hall–Kier alpha value is -3.78. The Balaban J connectivity index is 2.04. The lowest BCUT2D eigenvalue weighted by Crippen LogP contribution is -2.08. The molecule has 0 N–H and O–H groups in total. The van der Waals surface area contributed by atoms with Crippen LogP contribution in [0.5, 0.6) is 0 Å². The van der Waals surface area contributed by atoms with Crippen molar-refractivity contribution in [3.63, 3.8) is 0 Å². The van der Waals surface area contributed by atoms with E-state index in [1.165, 1.54) is 30.3 Å². The lowest BCUT2D eigenvalue weighted by atomic mass is 10.0. The number of benzene rings is 2. The van der Waals surface area contributed by atoms with Gasteiger partial charge in [-0.25, -0.2) is 8.78 Å². The summed E-state index contributed by atoms with van der Waals surface area (Å²) in [6, 6.07) is 18.7. The van der Waals surface area contributed by atoms with Crippen LogP contribution >= 0.6 is 0 Å². The number of nitriles is 1. The molecule has 0 amide bonds. The van der Waals surface area contributed by atoms with E-state index in [1.54, 1.807) is 53.1 Å². The third-order valence-electron chi connectivity index (χ3n) is 4.43. The number of aromatic nitrogens is 1. The zero-order valence-electron chi connectivity index (χ0n) is 14.0. The van der Waals surface area contributed by atoms with Gasteiger partial charge in [-0.3, -0.25) is 4.79 Å². The average Bonchev–Trinajstić information content (AvgIpc) is 2.68. The second kappa shape index (κ2) is 6.50. The first-order chi connectivity index (χ1) is 13.1. The van der Waals surface area contributed by atoms with E-state index in [4.69, 9.17) is 5.26 Å². The number of hydrogen-bond acceptors (Lipinski definition) is 2. The largest absolute Gasteiger partial charge is 0.316 e. The van der Waals surface area contributed by atoms with Crippen LogP contribution in [0.2, 0.25) is 0 Å². The van der Waals surface area contributed by atoms with Gasteiger partial charge in [0, 0.05) is 17.8 Å². The van der Waals surface area contributed by atoms with Crippen molar-refractivity contribution in [1.82, 2.24) is 4.40 Å². The number of hydrogen-bond donors (Lipinski definition) is 0. The molecule has 130 valence electrons. The Morgan fingerprint density at radius 1 is 0.889 bits per heavy atom. The second-order valence-corrected chi connectivity index (χ2v) is 6.01. The molecular formula is C22H12F2N2O. The second-order valence-electron chi connectivity index (χ2n) is 6.01. The standard InChI is InChI=1S/C22H12F2N2O/c23-17-5-2-1-4-16(17)19-6-3-7-20-22(21(27)10-11-26(19)20)14-8-9-15(13-25)18(24)12-14/h1-12H. The van der Waals surface area contributed by atoms with E-state index in [2.05, 4.69) is 0 Å². The van der Waals surface area contributed by atoms with Crippen LogP contribution < -0.4 is 5.43 Å². The molecule has 4 rings (SSSR count). The van der Waals surface area contributed by atoms with E-state index in [9.17, 15) is 13.6 Å². The first-order valence-corrected chi connectivity index (χ1v) is 8.19.